The van der Waals surface area contributed by atoms with Gasteiger partial charge in [-0.3, -0.25) is 4.90 Å². The normalized spacial score (nSPS) is 8.82. The highest BCUT2D eigenvalue weighted by Gasteiger charge is 1.99. The van der Waals surface area contributed by atoms with E-state index in [1.54, 1.807) is 19.4 Å². The number of aryl methyl sites for hydroxylation is 1. The van der Waals surface area contributed by atoms with E-state index >= 15 is 0 Å². The zero-order valence-corrected chi connectivity index (χ0v) is 6.44. The standard InChI is InChI=1S/C7H8N4/c1-6-3-9-7(10-4-6)11(2)5-8/h3-4H,1-2H3. The van der Waals surface area contributed by atoms with Gasteiger partial charge in [0.1, 0.15) is 0 Å². The lowest BCUT2D eigenvalue weighted by atomic mass is 10.4. The third kappa shape index (κ3) is 1.64. The van der Waals surface area contributed by atoms with Crippen LogP contribution in [0.4, 0.5) is 5.95 Å². The van der Waals surface area contributed by atoms with Gasteiger partial charge in [0, 0.05) is 19.4 Å². The summed E-state index contributed by atoms with van der Waals surface area (Å²) in [5, 5.41) is 8.45. The van der Waals surface area contributed by atoms with E-state index in [0.29, 0.717) is 5.95 Å². The van der Waals surface area contributed by atoms with Crippen molar-refractivity contribution in [3.8, 4) is 6.19 Å². The first-order valence-electron chi connectivity index (χ1n) is 3.16. The Bertz CT molecular complexity index is 271. The summed E-state index contributed by atoms with van der Waals surface area (Å²) >= 11 is 0. The van der Waals surface area contributed by atoms with Crippen molar-refractivity contribution in [2.75, 3.05) is 11.9 Å². The van der Waals surface area contributed by atoms with E-state index in [1.165, 1.54) is 4.90 Å². The monoisotopic (exact) mass is 148 g/mol. The van der Waals surface area contributed by atoms with Crippen LogP contribution in [-0.2, 0) is 0 Å². The van der Waals surface area contributed by atoms with Crippen LogP contribution in [0.3, 0.4) is 0 Å². The first-order valence-corrected chi connectivity index (χ1v) is 3.16. The molecule has 0 spiro atoms. The van der Waals surface area contributed by atoms with Gasteiger partial charge in [0.15, 0.2) is 6.19 Å². The lowest BCUT2D eigenvalue weighted by Gasteiger charge is -2.04. The SMILES string of the molecule is Cc1cnc(N(C)C#N)nc1. The van der Waals surface area contributed by atoms with Gasteiger partial charge in [0.2, 0.25) is 5.95 Å². The molecule has 0 fully saturated rings. The number of hydrogen-bond donors (Lipinski definition) is 0. The molecule has 0 bridgehead atoms. The van der Waals surface area contributed by atoms with E-state index in [1.807, 2.05) is 13.1 Å². The van der Waals surface area contributed by atoms with Crippen molar-refractivity contribution < 1.29 is 0 Å². The molecule has 0 aromatic carbocycles. The summed E-state index contributed by atoms with van der Waals surface area (Å²) in [6, 6.07) is 0. The Balaban J connectivity index is 2.92. The average molecular weight is 148 g/mol. The van der Waals surface area contributed by atoms with Crippen molar-refractivity contribution in [1.29, 1.82) is 5.26 Å². The van der Waals surface area contributed by atoms with Crippen LogP contribution in [0.5, 0.6) is 0 Å². The Kier molecular flexibility index (Phi) is 2.02. The van der Waals surface area contributed by atoms with Crippen molar-refractivity contribution in [2.24, 2.45) is 0 Å². The number of nitrogens with zero attached hydrogens (tertiary/aromatic N) is 4. The van der Waals surface area contributed by atoms with Gasteiger partial charge in [-0.05, 0) is 12.5 Å². The van der Waals surface area contributed by atoms with Gasteiger partial charge in [0.05, 0.1) is 0 Å². The Labute approximate surface area is 65.1 Å². The van der Waals surface area contributed by atoms with Crippen LogP contribution in [0, 0.1) is 18.4 Å². The Morgan fingerprint density at radius 3 is 2.45 bits per heavy atom. The molecule has 0 aliphatic rings. The summed E-state index contributed by atoms with van der Waals surface area (Å²) in [6.07, 6.45) is 5.26. The zero-order chi connectivity index (χ0) is 8.27. The molecule has 1 rings (SSSR count). The molecule has 0 atom stereocenters. The summed E-state index contributed by atoms with van der Waals surface area (Å²) < 4.78 is 0. The molecule has 0 radical (unpaired) electrons. The Hall–Kier alpha value is -1.63. The third-order valence-electron chi connectivity index (χ3n) is 1.22. The van der Waals surface area contributed by atoms with Crippen molar-refractivity contribution in [2.45, 2.75) is 6.92 Å². The molecule has 0 amide bonds. The maximum atomic E-state index is 8.45. The van der Waals surface area contributed by atoms with E-state index in [9.17, 15) is 0 Å². The van der Waals surface area contributed by atoms with Gasteiger partial charge >= 0.3 is 0 Å². The fourth-order valence-electron chi connectivity index (χ4n) is 0.604. The number of anilines is 1. The summed E-state index contributed by atoms with van der Waals surface area (Å²) in [5.41, 5.74) is 0.986. The summed E-state index contributed by atoms with van der Waals surface area (Å²) in [7, 11) is 1.62. The first kappa shape index (κ1) is 7.48. The second kappa shape index (κ2) is 2.97. The van der Waals surface area contributed by atoms with Crippen molar-refractivity contribution in [3.05, 3.63) is 18.0 Å². The average Bonchev–Trinajstić information content (AvgIpc) is 2.05. The van der Waals surface area contributed by atoms with E-state index < -0.39 is 0 Å². The molecular formula is C7H8N4. The highest BCUT2D eigenvalue weighted by Crippen LogP contribution is 2.01. The van der Waals surface area contributed by atoms with Crippen molar-refractivity contribution in [3.63, 3.8) is 0 Å². The zero-order valence-electron chi connectivity index (χ0n) is 6.44. The van der Waals surface area contributed by atoms with Crippen LogP contribution in [0.2, 0.25) is 0 Å². The van der Waals surface area contributed by atoms with E-state index in [0.717, 1.165) is 5.56 Å². The van der Waals surface area contributed by atoms with E-state index in [4.69, 9.17) is 5.26 Å². The second-order valence-electron chi connectivity index (χ2n) is 2.22. The van der Waals surface area contributed by atoms with E-state index in [2.05, 4.69) is 9.97 Å². The van der Waals surface area contributed by atoms with Crippen LogP contribution in [0.1, 0.15) is 5.56 Å². The largest absolute Gasteiger partial charge is 0.250 e. The maximum Gasteiger partial charge on any atom is 0.238 e. The molecule has 0 aliphatic heterocycles. The second-order valence-corrected chi connectivity index (χ2v) is 2.22. The smallest absolute Gasteiger partial charge is 0.238 e. The molecule has 0 N–H and O–H groups in total. The highest BCUT2D eigenvalue weighted by molar-refractivity contribution is 5.33. The number of nitriles is 1. The lowest BCUT2D eigenvalue weighted by molar-refractivity contribution is 1.03. The lowest BCUT2D eigenvalue weighted by Crippen LogP contribution is -2.11. The van der Waals surface area contributed by atoms with Gasteiger partial charge < -0.3 is 0 Å². The molecule has 0 aliphatic carbocycles. The molecular weight excluding hydrogens is 140 g/mol. The van der Waals surface area contributed by atoms with Crippen LogP contribution >= 0.6 is 0 Å². The molecule has 4 heteroatoms. The Morgan fingerprint density at radius 1 is 1.45 bits per heavy atom. The highest BCUT2D eigenvalue weighted by atomic mass is 15.2. The molecule has 1 aromatic rings. The van der Waals surface area contributed by atoms with Gasteiger partial charge in [-0.25, -0.2) is 9.97 Å². The van der Waals surface area contributed by atoms with Crippen LogP contribution in [0.25, 0.3) is 0 Å². The molecule has 56 valence electrons. The summed E-state index contributed by atoms with van der Waals surface area (Å²) in [4.78, 5) is 9.19. The van der Waals surface area contributed by atoms with E-state index in [-0.39, 0.29) is 0 Å². The van der Waals surface area contributed by atoms with Gasteiger partial charge in [-0.2, -0.15) is 5.26 Å². The predicted octanol–water partition coefficient (Wildman–Crippen LogP) is 0.702. The fraction of sp³-hybridized carbons (Fsp3) is 0.286. The molecule has 4 nitrogen and oxygen atoms in total. The molecule has 1 heterocycles. The minimum atomic E-state index is 0.429. The predicted molar refractivity (Wildman–Crippen MR) is 40.8 cm³/mol. The number of aromatic nitrogens is 2. The van der Waals surface area contributed by atoms with Crippen LogP contribution < -0.4 is 4.90 Å². The Morgan fingerprint density at radius 2 is 2.00 bits per heavy atom. The number of hydrogen-bond acceptors (Lipinski definition) is 4. The topological polar surface area (TPSA) is 52.8 Å². The van der Waals surface area contributed by atoms with Crippen molar-refractivity contribution in [1.82, 2.24) is 9.97 Å². The maximum absolute atomic E-state index is 8.45. The molecule has 1 aromatic heterocycles. The summed E-state index contributed by atoms with van der Waals surface area (Å²) in [6.45, 7) is 1.90. The quantitative estimate of drug-likeness (QED) is 0.434. The first-order chi connectivity index (χ1) is 5.24. The van der Waals surface area contributed by atoms with Crippen LogP contribution in [0.15, 0.2) is 12.4 Å². The molecule has 11 heavy (non-hydrogen) atoms. The van der Waals surface area contributed by atoms with Gasteiger partial charge in [-0.1, -0.05) is 0 Å². The van der Waals surface area contributed by atoms with Crippen molar-refractivity contribution >= 4 is 5.95 Å². The third-order valence-corrected chi connectivity index (χ3v) is 1.22. The summed E-state index contributed by atoms with van der Waals surface area (Å²) in [5.74, 6) is 0.429. The minimum Gasteiger partial charge on any atom is -0.250 e. The number of rotatable bonds is 1. The fourth-order valence-corrected chi connectivity index (χ4v) is 0.604. The van der Waals surface area contributed by atoms with Gasteiger partial charge in [0.25, 0.3) is 0 Å². The van der Waals surface area contributed by atoms with Gasteiger partial charge in [-0.15, -0.1) is 0 Å². The molecule has 0 saturated carbocycles. The molecule has 0 unspecified atom stereocenters. The molecule has 0 saturated heterocycles. The van der Waals surface area contributed by atoms with Crippen LogP contribution in [-0.4, -0.2) is 17.0 Å². The minimum absolute atomic E-state index is 0.429.